The number of benzene rings is 2. The van der Waals surface area contributed by atoms with Crippen LogP contribution in [0.2, 0.25) is 0 Å². The average molecular weight is 390 g/mol. The molecule has 1 amide bonds. The van der Waals surface area contributed by atoms with E-state index in [2.05, 4.69) is 42.6 Å². The third-order valence-corrected chi connectivity index (χ3v) is 4.71. The predicted octanol–water partition coefficient (Wildman–Crippen LogP) is 3.14. The van der Waals surface area contributed by atoms with Crippen molar-refractivity contribution in [3.05, 3.63) is 59.9 Å². The fraction of sp³-hybridized carbons (Fsp3) is 0.238. The van der Waals surface area contributed by atoms with E-state index in [-0.39, 0.29) is 5.91 Å². The first kappa shape index (κ1) is 18.7. The lowest BCUT2D eigenvalue weighted by molar-refractivity contribution is -0.114. The summed E-state index contributed by atoms with van der Waals surface area (Å²) in [6.07, 6.45) is 2.43. The maximum atomic E-state index is 11.3. The Morgan fingerprint density at radius 2 is 1.97 bits per heavy atom. The van der Waals surface area contributed by atoms with Crippen molar-refractivity contribution in [2.45, 2.75) is 19.9 Å². The minimum absolute atomic E-state index is 0.119. The minimum atomic E-state index is -0.119. The molecule has 0 radical (unpaired) electrons. The van der Waals surface area contributed by atoms with E-state index in [4.69, 9.17) is 4.74 Å². The molecule has 2 heterocycles. The van der Waals surface area contributed by atoms with Crippen LogP contribution in [-0.2, 0) is 17.8 Å². The molecule has 148 valence electrons. The number of hydrogen-bond donors (Lipinski definition) is 2. The van der Waals surface area contributed by atoms with E-state index in [1.165, 1.54) is 24.4 Å². The summed E-state index contributed by atoms with van der Waals surface area (Å²) in [6, 6.07) is 13.6. The molecule has 0 spiro atoms. The standard InChI is InChI=1S/C21H22N6O2/c1-14(28)24-17-4-3-5-18(11-17)25-20-22-13-23-21(26-20)27-9-8-15-6-7-19(29-2)10-16(15)12-27/h3-7,10-11,13H,8-9,12H2,1-2H3,(H,24,28)(H,22,23,25,26). The van der Waals surface area contributed by atoms with Gasteiger partial charge in [0, 0.05) is 31.4 Å². The zero-order valence-electron chi connectivity index (χ0n) is 16.3. The van der Waals surface area contributed by atoms with Gasteiger partial charge in [0.2, 0.25) is 17.8 Å². The van der Waals surface area contributed by atoms with Gasteiger partial charge in [-0.1, -0.05) is 12.1 Å². The molecule has 4 rings (SSSR count). The summed E-state index contributed by atoms with van der Waals surface area (Å²) in [5, 5.41) is 5.94. The molecule has 0 atom stereocenters. The van der Waals surface area contributed by atoms with Gasteiger partial charge in [0.25, 0.3) is 0 Å². The number of nitrogens with one attached hydrogen (secondary N) is 2. The number of anilines is 4. The summed E-state index contributed by atoms with van der Waals surface area (Å²) in [4.78, 5) is 26.5. The van der Waals surface area contributed by atoms with Crippen LogP contribution in [0.3, 0.4) is 0 Å². The molecular weight excluding hydrogens is 368 g/mol. The van der Waals surface area contributed by atoms with Gasteiger partial charge in [0.05, 0.1) is 7.11 Å². The largest absolute Gasteiger partial charge is 0.497 e. The first-order chi connectivity index (χ1) is 14.1. The van der Waals surface area contributed by atoms with Crippen molar-refractivity contribution in [3.63, 3.8) is 0 Å². The summed E-state index contributed by atoms with van der Waals surface area (Å²) in [6.45, 7) is 3.03. The van der Waals surface area contributed by atoms with Crippen LogP contribution >= 0.6 is 0 Å². The number of nitrogens with zero attached hydrogens (tertiary/aromatic N) is 4. The van der Waals surface area contributed by atoms with E-state index in [1.807, 2.05) is 30.3 Å². The Labute approximate surface area is 169 Å². The van der Waals surface area contributed by atoms with Gasteiger partial charge >= 0.3 is 0 Å². The highest BCUT2D eigenvalue weighted by molar-refractivity contribution is 5.89. The van der Waals surface area contributed by atoms with Crippen molar-refractivity contribution >= 4 is 29.2 Å². The molecule has 29 heavy (non-hydrogen) atoms. The summed E-state index contributed by atoms with van der Waals surface area (Å²) in [5.41, 5.74) is 4.03. The third-order valence-electron chi connectivity index (χ3n) is 4.71. The average Bonchev–Trinajstić information content (AvgIpc) is 2.73. The molecule has 8 heteroatoms. The predicted molar refractivity (Wildman–Crippen MR) is 112 cm³/mol. The molecule has 1 aliphatic rings. The van der Waals surface area contributed by atoms with E-state index in [9.17, 15) is 4.79 Å². The minimum Gasteiger partial charge on any atom is -0.497 e. The Bertz CT molecular complexity index is 1040. The molecule has 0 saturated heterocycles. The maximum absolute atomic E-state index is 11.3. The summed E-state index contributed by atoms with van der Waals surface area (Å²) < 4.78 is 5.34. The zero-order valence-corrected chi connectivity index (χ0v) is 16.3. The highest BCUT2D eigenvalue weighted by Crippen LogP contribution is 2.26. The molecule has 0 saturated carbocycles. The number of rotatable bonds is 5. The van der Waals surface area contributed by atoms with Crippen LogP contribution in [0.4, 0.5) is 23.3 Å². The normalized spacial score (nSPS) is 12.8. The van der Waals surface area contributed by atoms with Gasteiger partial charge in [-0.25, -0.2) is 9.97 Å². The Balaban J connectivity index is 1.51. The monoisotopic (exact) mass is 390 g/mol. The van der Waals surface area contributed by atoms with Gasteiger partial charge in [-0.15, -0.1) is 0 Å². The number of carbonyl (C=O) groups excluding carboxylic acids is 1. The fourth-order valence-electron chi connectivity index (χ4n) is 3.34. The van der Waals surface area contributed by atoms with Crippen LogP contribution in [0.1, 0.15) is 18.1 Å². The number of carbonyl (C=O) groups is 1. The number of amides is 1. The number of methoxy groups -OCH3 is 1. The van der Waals surface area contributed by atoms with Gasteiger partial charge in [0.15, 0.2) is 0 Å². The highest BCUT2D eigenvalue weighted by atomic mass is 16.5. The zero-order chi connectivity index (χ0) is 20.2. The van der Waals surface area contributed by atoms with Crippen molar-refractivity contribution in [2.24, 2.45) is 0 Å². The fourth-order valence-corrected chi connectivity index (χ4v) is 3.34. The van der Waals surface area contributed by atoms with Crippen molar-refractivity contribution in [1.29, 1.82) is 0 Å². The summed E-state index contributed by atoms with van der Waals surface area (Å²) in [7, 11) is 1.67. The van der Waals surface area contributed by atoms with Gasteiger partial charge in [-0.05, 0) is 47.9 Å². The van der Waals surface area contributed by atoms with E-state index in [0.29, 0.717) is 24.1 Å². The second kappa shape index (κ2) is 8.14. The van der Waals surface area contributed by atoms with E-state index in [1.54, 1.807) is 7.11 Å². The lowest BCUT2D eigenvalue weighted by Crippen LogP contribution is -2.32. The smallest absolute Gasteiger partial charge is 0.232 e. The van der Waals surface area contributed by atoms with E-state index >= 15 is 0 Å². The lowest BCUT2D eigenvalue weighted by atomic mass is 10.00. The van der Waals surface area contributed by atoms with Crippen molar-refractivity contribution in [1.82, 2.24) is 15.0 Å². The number of fused-ring (bicyclic) bond motifs is 1. The van der Waals surface area contributed by atoms with Crippen LogP contribution in [0.5, 0.6) is 5.75 Å². The summed E-state index contributed by atoms with van der Waals surface area (Å²) >= 11 is 0. The van der Waals surface area contributed by atoms with Gasteiger partial charge in [-0.3, -0.25) is 4.79 Å². The molecule has 2 aromatic carbocycles. The molecule has 0 bridgehead atoms. The lowest BCUT2D eigenvalue weighted by Gasteiger charge is -2.29. The quantitative estimate of drug-likeness (QED) is 0.691. The second-order valence-electron chi connectivity index (χ2n) is 6.80. The molecule has 8 nitrogen and oxygen atoms in total. The maximum Gasteiger partial charge on any atom is 0.232 e. The highest BCUT2D eigenvalue weighted by Gasteiger charge is 2.19. The number of aromatic nitrogens is 3. The molecular formula is C21H22N6O2. The molecule has 3 aromatic rings. The molecule has 2 N–H and O–H groups in total. The molecule has 1 aromatic heterocycles. The Hall–Kier alpha value is -3.68. The van der Waals surface area contributed by atoms with Crippen LogP contribution in [0.25, 0.3) is 0 Å². The number of ether oxygens (including phenoxy) is 1. The van der Waals surface area contributed by atoms with Crippen molar-refractivity contribution in [3.8, 4) is 5.75 Å². The molecule has 0 aliphatic carbocycles. The van der Waals surface area contributed by atoms with Gasteiger partial charge < -0.3 is 20.3 Å². The molecule has 1 aliphatic heterocycles. The van der Waals surface area contributed by atoms with E-state index < -0.39 is 0 Å². The third kappa shape index (κ3) is 4.43. The Morgan fingerprint density at radius 3 is 2.79 bits per heavy atom. The first-order valence-corrected chi connectivity index (χ1v) is 9.35. The van der Waals surface area contributed by atoms with Crippen LogP contribution < -0.4 is 20.3 Å². The molecule has 0 fully saturated rings. The van der Waals surface area contributed by atoms with Crippen molar-refractivity contribution < 1.29 is 9.53 Å². The Morgan fingerprint density at radius 1 is 1.10 bits per heavy atom. The Kier molecular flexibility index (Phi) is 5.24. The molecule has 0 unspecified atom stereocenters. The first-order valence-electron chi connectivity index (χ1n) is 9.35. The summed E-state index contributed by atoms with van der Waals surface area (Å²) in [5.74, 6) is 1.80. The van der Waals surface area contributed by atoms with Crippen molar-refractivity contribution in [2.75, 3.05) is 29.2 Å². The van der Waals surface area contributed by atoms with E-state index in [0.717, 1.165) is 24.4 Å². The topological polar surface area (TPSA) is 92.3 Å². The van der Waals surface area contributed by atoms with Gasteiger partial charge in [0.1, 0.15) is 12.1 Å². The number of hydrogen-bond acceptors (Lipinski definition) is 7. The van der Waals surface area contributed by atoms with Crippen LogP contribution in [-0.4, -0.2) is 34.5 Å². The second-order valence-corrected chi connectivity index (χ2v) is 6.80. The van der Waals surface area contributed by atoms with Gasteiger partial charge in [-0.2, -0.15) is 4.98 Å². The van der Waals surface area contributed by atoms with Crippen LogP contribution in [0, 0.1) is 0 Å². The SMILES string of the molecule is COc1ccc2c(c1)CN(c1ncnc(Nc3cccc(NC(C)=O)c3)n1)CC2. The van der Waals surface area contributed by atoms with Crippen LogP contribution in [0.15, 0.2) is 48.8 Å².